The molecule has 0 bridgehead atoms. The number of rotatable bonds is 0. The van der Waals surface area contributed by atoms with E-state index in [1.165, 1.54) is 44.9 Å². The second kappa shape index (κ2) is 3.83. The zero-order valence-electron chi connectivity index (χ0n) is 13.2. The van der Waals surface area contributed by atoms with Crippen LogP contribution < -0.4 is 0 Å². The summed E-state index contributed by atoms with van der Waals surface area (Å²) in [5.74, 6) is 4.17. The first-order valence-electron chi connectivity index (χ1n) is 9.28. The lowest BCUT2D eigenvalue weighted by Gasteiger charge is -2.60. The van der Waals surface area contributed by atoms with Crippen LogP contribution in [0.25, 0.3) is 0 Å². The average Bonchev–Trinajstić information content (AvgIpc) is 3.16. The zero-order valence-corrected chi connectivity index (χ0v) is 13.2. The average molecular weight is 274 g/mol. The van der Waals surface area contributed by atoms with Gasteiger partial charge in [-0.05, 0) is 79.4 Å². The Kier molecular flexibility index (Phi) is 2.39. The highest BCUT2D eigenvalue weighted by molar-refractivity contribution is 5.16. The Morgan fingerprint density at radius 1 is 0.850 bits per heavy atom. The van der Waals surface area contributed by atoms with Gasteiger partial charge >= 0.3 is 0 Å². The monoisotopic (exact) mass is 274 g/mol. The summed E-state index contributed by atoms with van der Waals surface area (Å²) in [6.07, 6.45) is 14.9. The van der Waals surface area contributed by atoms with E-state index in [9.17, 15) is 0 Å². The molecule has 5 fully saturated rings. The van der Waals surface area contributed by atoms with E-state index in [-0.39, 0.29) is 0 Å². The third-order valence-electron chi connectivity index (χ3n) is 8.74. The minimum atomic E-state index is 0.559. The predicted molar refractivity (Wildman–Crippen MR) is 80.4 cm³/mol. The van der Waals surface area contributed by atoms with E-state index in [1.54, 1.807) is 12.8 Å². The van der Waals surface area contributed by atoms with E-state index >= 15 is 0 Å². The summed E-state index contributed by atoms with van der Waals surface area (Å²) >= 11 is 0. The summed E-state index contributed by atoms with van der Waals surface area (Å²) < 4.78 is 5.94. The smallest absolute Gasteiger partial charge is 0.0898 e. The van der Waals surface area contributed by atoms with Crippen molar-refractivity contribution < 1.29 is 4.74 Å². The van der Waals surface area contributed by atoms with Gasteiger partial charge in [0.15, 0.2) is 0 Å². The van der Waals surface area contributed by atoms with Crippen LogP contribution in [0.2, 0.25) is 0 Å². The van der Waals surface area contributed by atoms with Crippen molar-refractivity contribution in [2.24, 2.45) is 34.5 Å². The summed E-state index contributed by atoms with van der Waals surface area (Å²) in [5, 5.41) is 0. The van der Waals surface area contributed by atoms with Crippen molar-refractivity contribution in [2.75, 3.05) is 0 Å². The molecule has 0 aromatic rings. The van der Waals surface area contributed by atoms with Gasteiger partial charge in [0.2, 0.25) is 0 Å². The molecular formula is C19H30O. The maximum atomic E-state index is 5.94. The predicted octanol–water partition coefficient (Wildman–Crippen LogP) is 4.80. The molecule has 0 N–H and O–H groups in total. The summed E-state index contributed by atoms with van der Waals surface area (Å²) in [7, 11) is 0. The topological polar surface area (TPSA) is 12.5 Å². The maximum absolute atomic E-state index is 5.94. The Morgan fingerprint density at radius 2 is 1.75 bits per heavy atom. The van der Waals surface area contributed by atoms with Crippen molar-refractivity contribution in [3.63, 3.8) is 0 Å². The van der Waals surface area contributed by atoms with Gasteiger partial charge in [-0.25, -0.2) is 0 Å². The molecule has 5 rings (SSSR count). The molecule has 20 heavy (non-hydrogen) atoms. The van der Waals surface area contributed by atoms with Gasteiger partial charge in [0.1, 0.15) is 0 Å². The minimum Gasteiger partial charge on any atom is -0.369 e. The fraction of sp³-hybridized carbons (Fsp3) is 1.00. The van der Waals surface area contributed by atoms with Crippen LogP contribution in [-0.2, 0) is 4.74 Å². The molecule has 0 unspecified atom stereocenters. The third-order valence-corrected chi connectivity index (χ3v) is 8.74. The fourth-order valence-corrected chi connectivity index (χ4v) is 7.59. The van der Waals surface area contributed by atoms with Gasteiger partial charge in [0, 0.05) is 0 Å². The minimum absolute atomic E-state index is 0.559. The van der Waals surface area contributed by atoms with Gasteiger partial charge in [-0.3, -0.25) is 0 Å². The quantitative estimate of drug-likeness (QED) is 0.578. The molecule has 1 nitrogen and oxygen atoms in total. The number of epoxide rings is 1. The lowest BCUT2D eigenvalue weighted by molar-refractivity contribution is -0.117. The molecule has 0 aromatic carbocycles. The van der Waals surface area contributed by atoms with Crippen LogP contribution in [0.1, 0.15) is 71.6 Å². The van der Waals surface area contributed by atoms with Crippen LogP contribution in [0.4, 0.5) is 0 Å². The van der Waals surface area contributed by atoms with E-state index in [1.807, 2.05) is 0 Å². The highest BCUT2D eigenvalue weighted by atomic mass is 16.6. The van der Waals surface area contributed by atoms with E-state index in [0.717, 1.165) is 23.7 Å². The van der Waals surface area contributed by atoms with Gasteiger partial charge < -0.3 is 4.74 Å². The number of fused-ring (bicyclic) bond motifs is 7. The van der Waals surface area contributed by atoms with Crippen LogP contribution >= 0.6 is 0 Å². The maximum Gasteiger partial charge on any atom is 0.0898 e. The van der Waals surface area contributed by atoms with Crippen molar-refractivity contribution in [2.45, 2.75) is 83.8 Å². The first-order chi connectivity index (χ1) is 9.63. The highest BCUT2D eigenvalue weighted by Gasteiger charge is 2.67. The van der Waals surface area contributed by atoms with Crippen molar-refractivity contribution in [1.29, 1.82) is 0 Å². The Balaban J connectivity index is 1.48. The van der Waals surface area contributed by atoms with Gasteiger partial charge in [0.25, 0.3) is 0 Å². The van der Waals surface area contributed by atoms with Crippen molar-refractivity contribution in [3.8, 4) is 0 Å². The van der Waals surface area contributed by atoms with Crippen LogP contribution in [0.5, 0.6) is 0 Å². The second-order valence-electron chi connectivity index (χ2n) is 9.28. The molecule has 8 atom stereocenters. The number of hydrogen-bond donors (Lipinski definition) is 0. The SMILES string of the molecule is C[C@]12CC[C@H]3[C@@H](CC[C@H]4CCCC[C@@]43C)[C@H]1C[C@H]1O[C@H]12. The largest absolute Gasteiger partial charge is 0.369 e. The second-order valence-corrected chi connectivity index (χ2v) is 9.28. The van der Waals surface area contributed by atoms with Gasteiger partial charge in [-0.1, -0.05) is 26.7 Å². The molecule has 4 saturated carbocycles. The normalized spacial score (nSPS) is 63.9. The van der Waals surface area contributed by atoms with E-state index in [0.29, 0.717) is 23.0 Å². The van der Waals surface area contributed by atoms with E-state index in [2.05, 4.69) is 13.8 Å². The molecule has 1 heteroatoms. The van der Waals surface area contributed by atoms with Crippen molar-refractivity contribution in [3.05, 3.63) is 0 Å². The van der Waals surface area contributed by atoms with Crippen LogP contribution in [-0.4, -0.2) is 12.2 Å². The van der Waals surface area contributed by atoms with Crippen molar-refractivity contribution >= 4 is 0 Å². The molecule has 0 spiro atoms. The number of hydrogen-bond acceptors (Lipinski definition) is 1. The summed E-state index contributed by atoms with van der Waals surface area (Å²) in [4.78, 5) is 0. The highest BCUT2D eigenvalue weighted by Crippen LogP contribution is 2.69. The Bertz CT molecular complexity index is 431. The molecular weight excluding hydrogens is 244 g/mol. The standard InChI is InChI=1S/C19H30O/c1-18-9-4-3-5-12(18)6-7-13-14(18)8-10-19(2)15(13)11-16-17(19)20-16/h12-17H,3-11H2,1-2H3/t12-,13-,14+,15-,16-,17-,18+,19+/m1/s1. The lowest BCUT2D eigenvalue weighted by atomic mass is 9.45. The molecule has 0 radical (unpaired) electrons. The molecule has 112 valence electrons. The van der Waals surface area contributed by atoms with Gasteiger partial charge in [-0.2, -0.15) is 0 Å². The molecule has 0 amide bonds. The Hall–Kier alpha value is -0.0400. The van der Waals surface area contributed by atoms with Crippen molar-refractivity contribution in [1.82, 2.24) is 0 Å². The van der Waals surface area contributed by atoms with E-state index in [4.69, 9.17) is 4.74 Å². The van der Waals surface area contributed by atoms with Crippen LogP contribution in [0, 0.1) is 34.5 Å². The Morgan fingerprint density at radius 3 is 2.65 bits per heavy atom. The molecule has 1 aliphatic heterocycles. The molecule has 0 aromatic heterocycles. The van der Waals surface area contributed by atoms with Gasteiger partial charge in [0.05, 0.1) is 12.2 Å². The molecule has 4 aliphatic carbocycles. The van der Waals surface area contributed by atoms with E-state index < -0.39 is 0 Å². The lowest BCUT2D eigenvalue weighted by Crippen LogP contribution is -2.53. The van der Waals surface area contributed by atoms with Crippen LogP contribution in [0.3, 0.4) is 0 Å². The fourth-order valence-electron chi connectivity index (χ4n) is 7.59. The molecule has 5 aliphatic rings. The molecule has 1 saturated heterocycles. The summed E-state index contributed by atoms with van der Waals surface area (Å²) in [6.45, 7) is 5.25. The first-order valence-corrected chi connectivity index (χ1v) is 9.28. The zero-order chi connectivity index (χ0) is 13.5. The third kappa shape index (κ3) is 1.39. The summed E-state index contributed by atoms with van der Waals surface area (Å²) in [6, 6.07) is 0. The Labute approximate surface area is 123 Å². The first kappa shape index (κ1) is 12.5. The number of ether oxygens (including phenoxy) is 1. The van der Waals surface area contributed by atoms with Gasteiger partial charge in [-0.15, -0.1) is 0 Å². The molecule has 1 heterocycles. The summed E-state index contributed by atoms with van der Waals surface area (Å²) in [5.41, 5.74) is 1.26. The van der Waals surface area contributed by atoms with Crippen LogP contribution in [0.15, 0.2) is 0 Å².